The third-order valence-corrected chi connectivity index (χ3v) is 4.62. The van der Waals surface area contributed by atoms with Crippen LogP contribution in [0.2, 0.25) is 0 Å². The second-order valence-corrected chi connectivity index (χ2v) is 6.34. The van der Waals surface area contributed by atoms with Gasteiger partial charge >= 0.3 is 5.97 Å². The van der Waals surface area contributed by atoms with Gasteiger partial charge in [0.1, 0.15) is 17.2 Å². The Labute approximate surface area is 157 Å². The van der Waals surface area contributed by atoms with Crippen LogP contribution in [0.25, 0.3) is 11.1 Å². The van der Waals surface area contributed by atoms with E-state index in [4.69, 9.17) is 19.3 Å². The van der Waals surface area contributed by atoms with Crippen molar-refractivity contribution in [3.63, 3.8) is 0 Å². The Balaban J connectivity index is 2.03. The molecule has 0 aromatic heterocycles. The van der Waals surface area contributed by atoms with E-state index in [0.29, 0.717) is 42.1 Å². The van der Waals surface area contributed by atoms with E-state index < -0.39 is 5.97 Å². The molecule has 27 heavy (non-hydrogen) atoms. The van der Waals surface area contributed by atoms with Crippen molar-refractivity contribution in [2.75, 3.05) is 20.8 Å². The molecule has 2 aromatic carbocycles. The van der Waals surface area contributed by atoms with E-state index >= 15 is 0 Å². The van der Waals surface area contributed by atoms with Crippen LogP contribution in [0.15, 0.2) is 30.3 Å². The monoisotopic (exact) mass is 370 g/mol. The second kappa shape index (κ2) is 8.12. The fourth-order valence-corrected chi connectivity index (χ4v) is 3.23. The molecule has 0 radical (unpaired) electrons. The third-order valence-electron chi connectivity index (χ3n) is 4.62. The van der Waals surface area contributed by atoms with Crippen molar-refractivity contribution in [1.82, 2.24) is 0 Å². The number of benzene rings is 2. The SMILES string of the molecule is COc1ccc(OC)c(-c2cc3c(cc2OCCCC(=O)O)C(=O)CC3)c1. The standard InChI is InChI=1S/C21H22O6/c1-25-14-6-8-19(26-2)17(11-14)16-10-13-5-7-18(22)15(13)12-20(16)27-9-3-4-21(23)24/h6,8,10-12H,3-5,7,9H2,1-2H3,(H,23,24). The number of carboxylic acid groups (broad SMARTS) is 1. The first kappa shape index (κ1) is 18.8. The number of fused-ring (bicyclic) bond motifs is 1. The Hall–Kier alpha value is -3.02. The lowest BCUT2D eigenvalue weighted by Crippen LogP contribution is -2.04. The van der Waals surface area contributed by atoms with Crippen molar-refractivity contribution in [3.05, 3.63) is 41.5 Å². The number of carbonyl (C=O) groups excluding carboxylic acids is 1. The molecule has 0 fully saturated rings. The van der Waals surface area contributed by atoms with Crippen LogP contribution in [-0.2, 0) is 11.2 Å². The molecule has 1 aliphatic carbocycles. The van der Waals surface area contributed by atoms with Crippen molar-refractivity contribution in [2.45, 2.75) is 25.7 Å². The van der Waals surface area contributed by atoms with Crippen LogP contribution in [0.1, 0.15) is 35.2 Å². The predicted molar refractivity (Wildman–Crippen MR) is 100.0 cm³/mol. The van der Waals surface area contributed by atoms with Crippen LogP contribution in [0, 0.1) is 0 Å². The van der Waals surface area contributed by atoms with Gasteiger partial charge < -0.3 is 19.3 Å². The molecule has 0 saturated heterocycles. The summed E-state index contributed by atoms with van der Waals surface area (Å²) in [6.07, 6.45) is 1.61. The van der Waals surface area contributed by atoms with E-state index in [9.17, 15) is 9.59 Å². The number of ketones is 1. The molecule has 0 unspecified atom stereocenters. The van der Waals surface area contributed by atoms with Gasteiger partial charge in [-0.2, -0.15) is 0 Å². The van der Waals surface area contributed by atoms with Crippen molar-refractivity contribution >= 4 is 11.8 Å². The van der Waals surface area contributed by atoms with Crippen LogP contribution >= 0.6 is 0 Å². The Morgan fingerprint density at radius 2 is 1.78 bits per heavy atom. The quantitative estimate of drug-likeness (QED) is 0.713. The first-order valence-electron chi connectivity index (χ1n) is 8.80. The molecule has 0 aliphatic heterocycles. The van der Waals surface area contributed by atoms with Crippen LogP contribution < -0.4 is 14.2 Å². The van der Waals surface area contributed by atoms with Gasteiger partial charge in [0.25, 0.3) is 0 Å². The highest BCUT2D eigenvalue weighted by Crippen LogP contribution is 2.41. The highest BCUT2D eigenvalue weighted by Gasteiger charge is 2.24. The number of methoxy groups -OCH3 is 2. The molecule has 0 amide bonds. The van der Waals surface area contributed by atoms with Crippen molar-refractivity contribution in [2.24, 2.45) is 0 Å². The smallest absolute Gasteiger partial charge is 0.303 e. The largest absolute Gasteiger partial charge is 0.497 e. The van der Waals surface area contributed by atoms with E-state index in [1.807, 2.05) is 24.3 Å². The summed E-state index contributed by atoms with van der Waals surface area (Å²) in [7, 11) is 3.19. The summed E-state index contributed by atoms with van der Waals surface area (Å²) in [4.78, 5) is 22.8. The number of rotatable bonds is 8. The van der Waals surface area contributed by atoms with E-state index in [-0.39, 0.29) is 18.8 Å². The molecule has 3 rings (SSSR count). The van der Waals surface area contributed by atoms with Gasteiger partial charge in [-0.15, -0.1) is 0 Å². The average Bonchev–Trinajstić information content (AvgIpc) is 3.04. The molecule has 142 valence electrons. The molecule has 0 saturated carbocycles. The molecular formula is C21H22O6. The van der Waals surface area contributed by atoms with Crippen molar-refractivity contribution in [1.29, 1.82) is 0 Å². The molecule has 0 bridgehead atoms. The summed E-state index contributed by atoms with van der Waals surface area (Å²) >= 11 is 0. The highest BCUT2D eigenvalue weighted by molar-refractivity contribution is 6.02. The summed E-state index contributed by atoms with van der Waals surface area (Å²) in [5, 5.41) is 8.80. The molecule has 0 spiro atoms. The van der Waals surface area contributed by atoms with Crippen LogP contribution in [0.3, 0.4) is 0 Å². The topological polar surface area (TPSA) is 82.1 Å². The van der Waals surface area contributed by atoms with E-state index in [1.54, 1.807) is 20.3 Å². The lowest BCUT2D eigenvalue weighted by Gasteiger charge is -2.17. The number of aliphatic carboxylic acids is 1. The predicted octanol–water partition coefficient (Wildman–Crippen LogP) is 3.74. The maximum absolute atomic E-state index is 12.1. The van der Waals surface area contributed by atoms with Gasteiger partial charge in [0.05, 0.1) is 20.8 Å². The van der Waals surface area contributed by atoms with Crippen LogP contribution in [-0.4, -0.2) is 37.7 Å². The molecule has 1 N–H and O–H groups in total. The third kappa shape index (κ3) is 4.05. The van der Waals surface area contributed by atoms with Gasteiger partial charge in [0.15, 0.2) is 5.78 Å². The lowest BCUT2D eigenvalue weighted by molar-refractivity contribution is -0.137. The average molecular weight is 370 g/mol. The maximum atomic E-state index is 12.1. The first-order valence-corrected chi connectivity index (χ1v) is 8.80. The Kier molecular flexibility index (Phi) is 5.64. The zero-order chi connectivity index (χ0) is 19.4. The van der Waals surface area contributed by atoms with Gasteiger partial charge in [-0.05, 0) is 48.7 Å². The van der Waals surface area contributed by atoms with Gasteiger partial charge in [0, 0.05) is 29.5 Å². The number of hydrogen-bond acceptors (Lipinski definition) is 5. The molecule has 2 aromatic rings. The summed E-state index contributed by atoms with van der Waals surface area (Å²) in [6, 6.07) is 9.22. The molecule has 6 nitrogen and oxygen atoms in total. The number of Topliss-reactive ketones (excluding diaryl/α,β-unsaturated/α-hetero) is 1. The zero-order valence-corrected chi connectivity index (χ0v) is 15.4. The molecule has 1 aliphatic rings. The zero-order valence-electron chi connectivity index (χ0n) is 15.4. The van der Waals surface area contributed by atoms with Gasteiger partial charge in [0.2, 0.25) is 0 Å². The number of hydrogen-bond donors (Lipinski definition) is 1. The summed E-state index contributed by atoms with van der Waals surface area (Å²) in [5.74, 6) is 1.12. The molecule has 0 atom stereocenters. The molecular weight excluding hydrogens is 348 g/mol. The van der Waals surface area contributed by atoms with Gasteiger partial charge in [-0.3, -0.25) is 9.59 Å². The Bertz CT molecular complexity index is 871. The minimum atomic E-state index is -0.864. The second-order valence-electron chi connectivity index (χ2n) is 6.34. The van der Waals surface area contributed by atoms with Crippen molar-refractivity contribution in [3.8, 4) is 28.4 Å². The number of carboxylic acids is 1. The fraction of sp³-hybridized carbons (Fsp3) is 0.333. The van der Waals surface area contributed by atoms with E-state index in [1.165, 1.54) is 0 Å². The van der Waals surface area contributed by atoms with Gasteiger partial charge in [-0.1, -0.05) is 0 Å². The lowest BCUT2D eigenvalue weighted by atomic mass is 9.98. The number of carbonyl (C=O) groups is 2. The Morgan fingerprint density at radius 3 is 2.48 bits per heavy atom. The molecule has 6 heteroatoms. The number of ether oxygens (including phenoxy) is 3. The summed E-state index contributed by atoms with van der Waals surface area (Å²) in [5.41, 5.74) is 3.26. The normalized spacial score (nSPS) is 12.6. The van der Waals surface area contributed by atoms with Crippen LogP contribution in [0.4, 0.5) is 0 Å². The number of aryl methyl sites for hydroxylation is 1. The highest BCUT2D eigenvalue weighted by atomic mass is 16.5. The first-order chi connectivity index (χ1) is 13.0. The van der Waals surface area contributed by atoms with E-state index in [2.05, 4.69) is 0 Å². The van der Waals surface area contributed by atoms with Gasteiger partial charge in [-0.25, -0.2) is 0 Å². The fourth-order valence-electron chi connectivity index (χ4n) is 3.23. The van der Waals surface area contributed by atoms with Crippen molar-refractivity contribution < 1.29 is 28.9 Å². The maximum Gasteiger partial charge on any atom is 0.303 e. The van der Waals surface area contributed by atoms with E-state index in [0.717, 1.165) is 16.7 Å². The minimum Gasteiger partial charge on any atom is -0.497 e. The Morgan fingerprint density at radius 1 is 1.00 bits per heavy atom. The van der Waals surface area contributed by atoms with Crippen LogP contribution in [0.5, 0.6) is 17.2 Å². The minimum absolute atomic E-state index is 0.0294. The summed E-state index contributed by atoms with van der Waals surface area (Å²) < 4.78 is 16.7. The molecule has 0 heterocycles. The summed E-state index contributed by atoms with van der Waals surface area (Å²) in [6.45, 7) is 0.249.